The summed E-state index contributed by atoms with van der Waals surface area (Å²) in [5.74, 6) is 0. The van der Waals surface area contributed by atoms with Crippen molar-refractivity contribution in [3.8, 4) is 0 Å². The quantitative estimate of drug-likeness (QED) is 0.777. The van der Waals surface area contributed by atoms with E-state index in [2.05, 4.69) is 79.6 Å². The summed E-state index contributed by atoms with van der Waals surface area (Å²) < 4.78 is 0. The number of likely N-dealkylation sites (N-methyl/N-ethyl adjacent to an activating group) is 1. The number of hydrogen-bond donors (Lipinski definition) is 1. The van der Waals surface area contributed by atoms with Crippen molar-refractivity contribution >= 4 is 5.69 Å². The first-order valence-corrected chi connectivity index (χ1v) is 7.76. The highest BCUT2D eigenvalue weighted by molar-refractivity contribution is 5.52. The van der Waals surface area contributed by atoms with Gasteiger partial charge in [0.2, 0.25) is 0 Å². The van der Waals surface area contributed by atoms with E-state index in [0.29, 0.717) is 0 Å². The van der Waals surface area contributed by atoms with Crippen LogP contribution in [-0.4, -0.2) is 20.1 Å². The average molecular weight is 282 g/mol. The van der Waals surface area contributed by atoms with E-state index < -0.39 is 0 Å². The van der Waals surface area contributed by atoms with E-state index in [4.69, 9.17) is 0 Å². The predicted molar refractivity (Wildman–Crippen MR) is 92.0 cm³/mol. The zero-order valence-corrected chi connectivity index (χ0v) is 13.4. The number of benzene rings is 2. The van der Waals surface area contributed by atoms with Crippen molar-refractivity contribution in [3.05, 3.63) is 65.2 Å². The largest absolute Gasteiger partial charge is 0.370 e. The van der Waals surface area contributed by atoms with Gasteiger partial charge in [-0.25, -0.2) is 0 Å². The van der Waals surface area contributed by atoms with Crippen LogP contribution in [0.1, 0.15) is 23.6 Å². The van der Waals surface area contributed by atoms with Crippen LogP contribution in [0.4, 0.5) is 5.69 Å². The molecule has 0 spiro atoms. The summed E-state index contributed by atoms with van der Waals surface area (Å²) in [7, 11) is 2.15. The lowest BCUT2D eigenvalue weighted by Gasteiger charge is -2.21. The van der Waals surface area contributed by atoms with Crippen molar-refractivity contribution in [1.82, 2.24) is 5.32 Å². The van der Waals surface area contributed by atoms with E-state index in [-0.39, 0.29) is 0 Å². The summed E-state index contributed by atoms with van der Waals surface area (Å²) in [4.78, 5) is 2.31. The number of para-hydroxylation sites is 1. The van der Waals surface area contributed by atoms with Gasteiger partial charge in [0.15, 0.2) is 0 Å². The molecular formula is C19H26N2. The maximum absolute atomic E-state index is 3.36. The fourth-order valence-electron chi connectivity index (χ4n) is 2.57. The van der Waals surface area contributed by atoms with Crippen LogP contribution in [0.15, 0.2) is 48.5 Å². The van der Waals surface area contributed by atoms with E-state index in [0.717, 1.165) is 26.1 Å². The molecule has 0 fully saturated rings. The number of anilines is 1. The summed E-state index contributed by atoms with van der Waals surface area (Å²) in [6.07, 6.45) is 1.10. The molecule has 21 heavy (non-hydrogen) atoms. The molecule has 0 aliphatic heterocycles. The topological polar surface area (TPSA) is 15.3 Å². The van der Waals surface area contributed by atoms with E-state index in [1.54, 1.807) is 0 Å². The van der Waals surface area contributed by atoms with Crippen molar-refractivity contribution < 1.29 is 0 Å². The van der Waals surface area contributed by atoms with Crippen LogP contribution in [0.2, 0.25) is 0 Å². The molecule has 2 aromatic carbocycles. The van der Waals surface area contributed by atoms with Crippen molar-refractivity contribution in [1.29, 1.82) is 0 Å². The van der Waals surface area contributed by atoms with Crippen molar-refractivity contribution in [2.24, 2.45) is 0 Å². The van der Waals surface area contributed by atoms with E-state index in [9.17, 15) is 0 Å². The van der Waals surface area contributed by atoms with Gasteiger partial charge in [0, 0.05) is 19.3 Å². The summed E-state index contributed by atoms with van der Waals surface area (Å²) in [6.45, 7) is 7.34. The molecule has 2 heteroatoms. The summed E-state index contributed by atoms with van der Waals surface area (Å²) in [5, 5.41) is 3.36. The molecule has 0 radical (unpaired) electrons. The maximum atomic E-state index is 3.36. The minimum atomic E-state index is 0.943. The number of hydrogen-bond acceptors (Lipinski definition) is 2. The van der Waals surface area contributed by atoms with Gasteiger partial charge >= 0.3 is 0 Å². The molecule has 0 saturated carbocycles. The SMILES string of the molecule is CCNCCc1ccc(CN(C)c2ccccc2C)cc1. The van der Waals surface area contributed by atoms with E-state index in [1.807, 2.05) is 0 Å². The normalized spacial score (nSPS) is 10.6. The highest BCUT2D eigenvalue weighted by Gasteiger charge is 2.04. The molecule has 0 saturated heterocycles. The second-order valence-corrected chi connectivity index (χ2v) is 5.56. The Morgan fingerprint density at radius 3 is 2.29 bits per heavy atom. The molecular weight excluding hydrogens is 256 g/mol. The number of nitrogens with zero attached hydrogens (tertiary/aromatic N) is 1. The molecule has 0 bridgehead atoms. The molecule has 0 aromatic heterocycles. The van der Waals surface area contributed by atoms with Crippen LogP contribution < -0.4 is 10.2 Å². The Morgan fingerprint density at radius 1 is 0.952 bits per heavy atom. The third-order valence-corrected chi connectivity index (χ3v) is 3.81. The van der Waals surface area contributed by atoms with E-state index in [1.165, 1.54) is 22.4 Å². The van der Waals surface area contributed by atoms with Crippen LogP contribution in [0, 0.1) is 6.92 Å². The first kappa shape index (κ1) is 15.6. The Morgan fingerprint density at radius 2 is 1.62 bits per heavy atom. The lowest BCUT2D eigenvalue weighted by Crippen LogP contribution is -2.17. The van der Waals surface area contributed by atoms with Gasteiger partial charge in [0.1, 0.15) is 0 Å². The zero-order chi connectivity index (χ0) is 15.1. The number of aryl methyl sites for hydroxylation is 1. The second kappa shape index (κ2) is 7.84. The molecule has 0 amide bonds. The van der Waals surface area contributed by atoms with Gasteiger partial charge in [-0.1, -0.05) is 49.4 Å². The predicted octanol–water partition coefficient (Wildman–Crippen LogP) is 3.78. The molecule has 2 nitrogen and oxygen atoms in total. The summed E-state index contributed by atoms with van der Waals surface area (Å²) in [5.41, 5.74) is 5.38. The molecule has 2 aromatic rings. The minimum absolute atomic E-state index is 0.943. The first-order valence-electron chi connectivity index (χ1n) is 7.76. The Balaban J connectivity index is 1.95. The lowest BCUT2D eigenvalue weighted by molar-refractivity contribution is 0.716. The molecule has 2 rings (SSSR count). The first-order chi connectivity index (χ1) is 10.2. The van der Waals surface area contributed by atoms with Gasteiger partial charge in [-0.2, -0.15) is 0 Å². The monoisotopic (exact) mass is 282 g/mol. The molecule has 0 aliphatic carbocycles. The van der Waals surface area contributed by atoms with Gasteiger partial charge in [-0.05, 0) is 49.2 Å². The third kappa shape index (κ3) is 4.61. The highest BCUT2D eigenvalue weighted by Crippen LogP contribution is 2.20. The average Bonchev–Trinajstić information content (AvgIpc) is 2.49. The molecule has 0 aliphatic rings. The Hall–Kier alpha value is -1.80. The summed E-state index contributed by atoms with van der Waals surface area (Å²) in [6, 6.07) is 17.5. The van der Waals surface area contributed by atoms with Gasteiger partial charge in [0.05, 0.1) is 0 Å². The Labute approximate surface area is 128 Å². The number of rotatable bonds is 7. The van der Waals surface area contributed by atoms with Crippen molar-refractivity contribution in [3.63, 3.8) is 0 Å². The minimum Gasteiger partial charge on any atom is -0.370 e. The molecule has 0 atom stereocenters. The Kier molecular flexibility index (Phi) is 5.82. The van der Waals surface area contributed by atoms with E-state index >= 15 is 0 Å². The van der Waals surface area contributed by atoms with Crippen LogP contribution in [-0.2, 0) is 13.0 Å². The standard InChI is InChI=1S/C19H26N2/c1-4-20-14-13-17-9-11-18(12-10-17)15-21(3)19-8-6-5-7-16(19)2/h5-12,20H,4,13-15H2,1-3H3. The molecule has 112 valence electrons. The van der Waals surface area contributed by atoms with Crippen LogP contribution in [0.3, 0.4) is 0 Å². The smallest absolute Gasteiger partial charge is 0.0426 e. The van der Waals surface area contributed by atoms with Crippen LogP contribution >= 0.6 is 0 Å². The fraction of sp³-hybridized carbons (Fsp3) is 0.368. The lowest BCUT2D eigenvalue weighted by atomic mass is 10.1. The zero-order valence-electron chi connectivity index (χ0n) is 13.4. The molecule has 0 unspecified atom stereocenters. The van der Waals surface area contributed by atoms with Crippen molar-refractivity contribution in [2.75, 3.05) is 25.0 Å². The van der Waals surface area contributed by atoms with Crippen LogP contribution in [0.5, 0.6) is 0 Å². The fourth-order valence-corrected chi connectivity index (χ4v) is 2.57. The highest BCUT2D eigenvalue weighted by atomic mass is 15.1. The van der Waals surface area contributed by atoms with Crippen LogP contribution in [0.25, 0.3) is 0 Å². The third-order valence-electron chi connectivity index (χ3n) is 3.81. The number of nitrogens with one attached hydrogen (secondary N) is 1. The Bertz CT molecular complexity index is 546. The van der Waals surface area contributed by atoms with Gasteiger partial charge in [-0.3, -0.25) is 0 Å². The van der Waals surface area contributed by atoms with Crippen molar-refractivity contribution in [2.45, 2.75) is 26.8 Å². The molecule has 0 heterocycles. The molecule has 1 N–H and O–H groups in total. The van der Waals surface area contributed by atoms with Gasteiger partial charge in [0.25, 0.3) is 0 Å². The second-order valence-electron chi connectivity index (χ2n) is 5.56. The van der Waals surface area contributed by atoms with Gasteiger partial charge < -0.3 is 10.2 Å². The maximum Gasteiger partial charge on any atom is 0.0426 e. The summed E-state index contributed by atoms with van der Waals surface area (Å²) >= 11 is 0. The van der Waals surface area contributed by atoms with Gasteiger partial charge in [-0.15, -0.1) is 0 Å².